The molecule has 2 aromatic rings. The van der Waals surface area contributed by atoms with Crippen molar-refractivity contribution in [3.8, 4) is 5.69 Å². The van der Waals surface area contributed by atoms with Crippen LogP contribution in [-0.2, 0) is 13.0 Å². The molecular formula is C31H53N2+. The van der Waals surface area contributed by atoms with Gasteiger partial charge in [0.15, 0.2) is 0 Å². The van der Waals surface area contributed by atoms with Crippen LogP contribution in [0.25, 0.3) is 5.69 Å². The maximum absolute atomic E-state index is 2.53. The second kappa shape index (κ2) is 18.8. The first kappa shape index (κ1) is 27.7. The highest BCUT2D eigenvalue weighted by Gasteiger charge is 2.18. The first-order valence-electron chi connectivity index (χ1n) is 14.5. The molecule has 0 aliphatic rings. The maximum atomic E-state index is 2.53. The van der Waals surface area contributed by atoms with E-state index in [1.807, 2.05) is 0 Å². The number of aromatic nitrogens is 2. The van der Waals surface area contributed by atoms with Gasteiger partial charge in [0.2, 0.25) is 0 Å². The van der Waals surface area contributed by atoms with Crippen molar-refractivity contribution >= 4 is 0 Å². The van der Waals surface area contributed by atoms with E-state index in [4.69, 9.17) is 0 Å². The molecule has 2 nitrogen and oxygen atoms in total. The third kappa shape index (κ3) is 11.9. The quantitative estimate of drug-likeness (QED) is 0.131. The van der Waals surface area contributed by atoms with Gasteiger partial charge in [-0.25, -0.2) is 4.57 Å². The molecule has 0 atom stereocenters. The Bertz CT molecular complexity index is 688. The van der Waals surface area contributed by atoms with E-state index in [2.05, 4.69) is 65.7 Å². The standard InChI is InChI=1S/C31H53N2/c1-3-5-7-9-10-11-12-13-14-15-16-18-23-27-32-28-29-33(30-24-20-19-21-25-30)31(32)26-22-17-8-6-4-2/h19-21,24-25,28-29H,3-18,22-23,26-27H2,1-2H3/q+1. The molecule has 0 spiro atoms. The van der Waals surface area contributed by atoms with Crippen molar-refractivity contribution in [2.24, 2.45) is 0 Å². The van der Waals surface area contributed by atoms with Crippen molar-refractivity contribution in [2.45, 2.75) is 142 Å². The van der Waals surface area contributed by atoms with Crippen molar-refractivity contribution in [2.75, 3.05) is 0 Å². The van der Waals surface area contributed by atoms with Gasteiger partial charge >= 0.3 is 0 Å². The Hall–Kier alpha value is -1.57. The zero-order chi connectivity index (χ0) is 23.4. The molecule has 1 aromatic heterocycles. The van der Waals surface area contributed by atoms with Crippen LogP contribution in [0.1, 0.15) is 135 Å². The lowest BCUT2D eigenvalue weighted by molar-refractivity contribution is -0.704. The van der Waals surface area contributed by atoms with Crippen molar-refractivity contribution in [1.29, 1.82) is 0 Å². The van der Waals surface area contributed by atoms with Crippen LogP contribution in [0, 0.1) is 0 Å². The van der Waals surface area contributed by atoms with E-state index in [9.17, 15) is 0 Å². The zero-order valence-corrected chi connectivity index (χ0v) is 22.1. The minimum Gasteiger partial charge on any atom is -0.234 e. The van der Waals surface area contributed by atoms with Gasteiger partial charge in [0.25, 0.3) is 5.82 Å². The maximum Gasteiger partial charge on any atom is 0.261 e. The Morgan fingerprint density at radius 3 is 1.61 bits per heavy atom. The lowest BCUT2D eigenvalue weighted by Gasteiger charge is -2.06. The van der Waals surface area contributed by atoms with Crippen LogP contribution >= 0.6 is 0 Å². The van der Waals surface area contributed by atoms with Crippen LogP contribution in [-0.4, -0.2) is 4.57 Å². The van der Waals surface area contributed by atoms with Crippen LogP contribution < -0.4 is 4.57 Å². The fourth-order valence-electron chi connectivity index (χ4n) is 4.94. The Balaban J connectivity index is 1.66. The summed E-state index contributed by atoms with van der Waals surface area (Å²) in [6, 6.07) is 10.9. The van der Waals surface area contributed by atoms with Crippen LogP contribution in [0.15, 0.2) is 42.7 Å². The van der Waals surface area contributed by atoms with Gasteiger partial charge < -0.3 is 0 Å². The van der Waals surface area contributed by atoms with Crippen LogP contribution in [0.3, 0.4) is 0 Å². The van der Waals surface area contributed by atoms with E-state index in [0.717, 1.165) is 0 Å². The molecule has 0 aliphatic heterocycles. The fraction of sp³-hybridized carbons (Fsp3) is 0.710. The number of para-hydroxylation sites is 1. The van der Waals surface area contributed by atoms with Crippen molar-refractivity contribution in [3.05, 3.63) is 48.5 Å². The molecule has 0 saturated heterocycles. The molecule has 0 amide bonds. The van der Waals surface area contributed by atoms with Gasteiger partial charge in [0, 0.05) is 6.42 Å². The van der Waals surface area contributed by atoms with Gasteiger partial charge in [-0.15, -0.1) is 0 Å². The summed E-state index contributed by atoms with van der Waals surface area (Å²) in [5, 5.41) is 0. The van der Waals surface area contributed by atoms with Gasteiger partial charge in [-0.1, -0.05) is 128 Å². The third-order valence-corrected chi connectivity index (χ3v) is 7.05. The number of rotatable bonds is 21. The summed E-state index contributed by atoms with van der Waals surface area (Å²) in [6.07, 6.45) is 31.0. The van der Waals surface area contributed by atoms with E-state index < -0.39 is 0 Å². The molecule has 1 aromatic carbocycles. The van der Waals surface area contributed by atoms with Crippen LogP contribution in [0.2, 0.25) is 0 Å². The average molecular weight is 454 g/mol. The summed E-state index contributed by atoms with van der Waals surface area (Å²) in [4.78, 5) is 0. The molecule has 2 rings (SSSR count). The molecule has 0 aliphatic carbocycles. The van der Waals surface area contributed by atoms with E-state index in [1.165, 1.54) is 140 Å². The Morgan fingerprint density at radius 2 is 1.06 bits per heavy atom. The molecule has 0 unspecified atom stereocenters. The van der Waals surface area contributed by atoms with Crippen LogP contribution in [0.4, 0.5) is 0 Å². The highest BCUT2D eigenvalue weighted by molar-refractivity contribution is 5.31. The van der Waals surface area contributed by atoms with E-state index >= 15 is 0 Å². The summed E-state index contributed by atoms with van der Waals surface area (Å²) in [6.45, 7) is 5.76. The topological polar surface area (TPSA) is 8.81 Å². The molecule has 0 bridgehead atoms. The Morgan fingerprint density at radius 1 is 0.576 bits per heavy atom. The van der Waals surface area contributed by atoms with E-state index in [0.29, 0.717) is 0 Å². The van der Waals surface area contributed by atoms with Crippen molar-refractivity contribution in [1.82, 2.24) is 4.57 Å². The number of hydrogen-bond donors (Lipinski definition) is 0. The number of aryl methyl sites for hydroxylation is 1. The number of nitrogens with zero attached hydrogens (tertiary/aromatic N) is 2. The fourth-order valence-corrected chi connectivity index (χ4v) is 4.94. The summed E-state index contributed by atoms with van der Waals surface area (Å²) < 4.78 is 4.95. The van der Waals surface area contributed by atoms with Crippen LogP contribution in [0.5, 0.6) is 0 Å². The highest BCUT2D eigenvalue weighted by Crippen LogP contribution is 2.15. The zero-order valence-electron chi connectivity index (χ0n) is 22.1. The first-order chi connectivity index (χ1) is 16.4. The average Bonchev–Trinajstić information content (AvgIpc) is 3.25. The van der Waals surface area contributed by atoms with E-state index in [-0.39, 0.29) is 0 Å². The van der Waals surface area contributed by atoms with Gasteiger partial charge in [0.05, 0.1) is 6.54 Å². The predicted octanol–water partition coefficient (Wildman–Crippen LogP) is 9.37. The van der Waals surface area contributed by atoms with Gasteiger partial charge in [-0.3, -0.25) is 0 Å². The monoisotopic (exact) mass is 453 g/mol. The molecule has 0 radical (unpaired) electrons. The molecule has 0 N–H and O–H groups in total. The lowest BCUT2D eigenvalue weighted by atomic mass is 10.0. The SMILES string of the molecule is CCCCCCCCCCCCCCC[n+]1ccn(-c2ccccc2)c1CCCCCCC. The smallest absolute Gasteiger partial charge is 0.234 e. The molecule has 186 valence electrons. The second-order valence-electron chi connectivity index (χ2n) is 10.0. The van der Waals surface area contributed by atoms with Gasteiger partial charge in [0.1, 0.15) is 18.1 Å². The molecule has 1 heterocycles. The predicted molar refractivity (Wildman–Crippen MR) is 144 cm³/mol. The number of benzene rings is 1. The third-order valence-electron chi connectivity index (χ3n) is 7.05. The molecule has 0 saturated carbocycles. The lowest BCUT2D eigenvalue weighted by Crippen LogP contribution is -2.37. The summed E-state index contributed by atoms with van der Waals surface area (Å²) in [7, 11) is 0. The molecular weight excluding hydrogens is 400 g/mol. The normalized spacial score (nSPS) is 11.3. The Kier molecular flexibility index (Phi) is 15.8. The van der Waals surface area contributed by atoms with Crippen molar-refractivity contribution < 1.29 is 4.57 Å². The number of hydrogen-bond acceptors (Lipinski definition) is 0. The van der Waals surface area contributed by atoms with E-state index in [1.54, 1.807) is 0 Å². The van der Waals surface area contributed by atoms with Crippen molar-refractivity contribution in [3.63, 3.8) is 0 Å². The largest absolute Gasteiger partial charge is 0.261 e. The summed E-state index contributed by atoms with van der Waals surface area (Å²) in [5.74, 6) is 1.48. The highest BCUT2D eigenvalue weighted by atomic mass is 15.1. The first-order valence-corrected chi connectivity index (χ1v) is 14.5. The minimum absolute atomic E-state index is 1.17. The summed E-state index contributed by atoms with van der Waals surface area (Å²) >= 11 is 0. The Labute approximate surface area is 205 Å². The minimum atomic E-state index is 1.17. The number of unbranched alkanes of at least 4 members (excludes halogenated alkanes) is 16. The second-order valence-corrected chi connectivity index (χ2v) is 10.0. The molecule has 0 fully saturated rings. The molecule has 2 heteroatoms. The molecule has 33 heavy (non-hydrogen) atoms. The van der Waals surface area contributed by atoms with Gasteiger partial charge in [-0.05, 0) is 31.4 Å². The summed E-state index contributed by atoms with van der Waals surface area (Å²) in [5.41, 5.74) is 1.30. The van der Waals surface area contributed by atoms with Gasteiger partial charge in [-0.2, -0.15) is 4.57 Å². The number of imidazole rings is 1.